The van der Waals surface area contributed by atoms with Crippen molar-refractivity contribution in [3.8, 4) is 0 Å². The lowest BCUT2D eigenvalue weighted by Gasteiger charge is -2.14. The van der Waals surface area contributed by atoms with E-state index in [2.05, 4.69) is 47.3 Å². The summed E-state index contributed by atoms with van der Waals surface area (Å²) in [6.45, 7) is 4.74. The highest BCUT2D eigenvalue weighted by Crippen LogP contribution is 2.22. The first kappa shape index (κ1) is 16.1. The van der Waals surface area contributed by atoms with E-state index < -0.39 is 0 Å². The maximum atomic E-state index is 6.10. The number of aliphatic imine (C=N–C) groups is 1. The van der Waals surface area contributed by atoms with E-state index in [0.29, 0.717) is 12.5 Å². The van der Waals surface area contributed by atoms with Gasteiger partial charge in [0.05, 0.1) is 12.2 Å². The van der Waals surface area contributed by atoms with E-state index in [4.69, 9.17) is 5.73 Å². The predicted molar refractivity (Wildman–Crippen MR) is 99.3 cm³/mol. The second-order valence-corrected chi connectivity index (χ2v) is 5.68. The van der Waals surface area contributed by atoms with Gasteiger partial charge in [-0.25, -0.2) is 9.98 Å². The van der Waals surface area contributed by atoms with E-state index in [9.17, 15) is 0 Å². The zero-order valence-electron chi connectivity index (χ0n) is 14.2. The Bertz CT molecular complexity index is 808. The van der Waals surface area contributed by atoms with Crippen molar-refractivity contribution >= 4 is 17.3 Å². The lowest BCUT2D eigenvalue weighted by atomic mass is 10.0. The topological polar surface area (TPSA) is 67.7 Å². The average Bonchev–Trinajstić information content (AvgIpc) is 3.03. The summed E-state index contributed by atoms with van der Waals surface area (Å²) >= 11 is 0. The fraction of sp³-hybridized carbons (Fsp3) is 0.263. The van der Waals surface area contributed by atoms with Gasteiger partial charge in [0.2, 0.25) is 0 Å². The van der Waals surface area contributed by atoms with Gasteiger partial charge in [0, 0.05) is 18.1 Å². The van der Waals surface area contributed by atoms with Gasteiger partial charge < -0.3 is 15.5 Å². The molecule has 0 saturated heterocycles. The van der Waals surface area contributed by atoms with Gasteiger partial charge in [-0.05, 0) is 36.1 Å². The van der Waals surface area contributed by atoms with Crippen molar-refractivity contribution in [3.05, 3.63) is 65.6 Å². The van der Waals surface area contributed by atoms with Crippen molar-refractivity contribution in [1.29, 1.82) is 0 Å². The summed E-state index contributed by atoms with van der Waals surface area (Å²) in [5.74, 6) is 0.419. The number of benzene rings is 1. The van der Waals surface area contributed by atoms with Crippen LogP contribution in [-0.4, -0.2) is 15.3 Å². The summed E-state index contributed by atoms with van der Waals surface area (Å²) in [5, 5.41) is 3.28. The number of aromatic nitrogens is 2. The summed E-state index contributed by atoms with van der Waals surface area (Å²) in [6, 6.07) is 12.3. The quantitative estimate of drug-likeness (QED) is 0.559. The molecule has 0 unspecified atom stereocenters. The van der Waals surface area contributed by atoms with Crippen molar-refractivity contribution < 1.29 is 0 Å². The Morgan fingerprint density at radius 1 is 1.12 bits per heavy atom. The van der Waals surface area contributed by atoms with Crippen LogP contribution in [0.5, 0.6) is 0 Å². The molecule has 0 fully saturated rings. The zero-order valence-corrected chi connectivity index (χ0v) is 14.2. The summed E-state index contributed by atoms with van der Waals surface area (Å²) < 4.78 is 1.98. The van der Waals surface area contributed by atoms with Crippen molar-refractivity contribution in [1.82, 2.24) is 9.38 Å². The Balaban J connectivity index is 1.77. The number of nitrogens with zero attached hydrogens (tertiary/aromatic N) is 3. The van der Waals surface area contributed by atoms with Gasteiger partial charge in [0.25, 0.3) is 0 Å². The third-order valence-corrected chi connectivity index (χ3v) is 4.08. The van der Waals surface area contributed by atoms with Gasteiger partial charge in [0.1, 0.15) is 5.65 Å². The second-order valence-electron chi connectivity index (χ2n) is 5.68. The van der Waals surface area contributed by atoms with E-state index in [-0.39, 0.29) is 0 Å². The molecule has 1 aromatic carbocycles. The molecular formula is C19H23N5. The van der Waals surface area contributed by atoms with Crippen LogP contribution in [0.3, 0.4) is 0 Å². The largest absolute Gasteiger partial charge is 0.370 e. The molecule has 0 aliphatic heterocycles. The molecule has 0 aliphatic rings. The number of aryl methyl sites for hydroxylation is 2. The lowest BCUT2D eigenvalue weighted by Crippen LogP contribution is -2.24. The number of fused-ring (bicyclic) bond motifs is 1. The third kappa shape index (κ3) is 3.40. The Kier molecular flexibility index (Phi) is 4.79. The smallest absolute Gasteiger partial charge is 0.193 e. The molecule has 2 aromatic heterocycles. The number of para-hydroxylation sites is 1. The van der Waals surface area contributed by atoms with E-state index in [1.54, 1.807) is 0 Å². The van der Waals surface area contributed by atoms with E-state index in [0.717, 1.165) is 29.9 Å². The number of nitrogens with two attached hydrogens (primary N) is 1. The summed E-state index contributed by atoms with van der Waals surface area (Å²) in [4.78, 5) is 8.97. The maximum absolute atomic E-state index is 6.10. The Hall–Kier alpha value is -2.82. The summed E-state index contributed by atoms with van der Waals surface area (Å²) in [6.07, 6.45) is 5.86. The minimum atomic E-state index is 0.419. The number of rotatable bonds is 5. The van der Waals surface area contributed by atoms with E-state index in [1.807, 2.05) is 35.0 Å². The molecule has 24 heavy (non-hydrogen) atoms. The molecule has 5 nitrogen and oxygen atoms in total. The Morgan fingerprint density at radius 3 is 2.54 bits per heavy atom. The molecule has 3 rings (SSSR count). The fourth-order valence-electron chi connectivity index (χ4n) is 2.80. The predicted octanol–water partition coefficient (Wildman–Crippen LogP) is 3.39. The van der Waals surface area contributed by atoms with Crippen molar-refractivity contribution in [2.45, 2.75) is 33.2 Å². The number of guanidine groups is 1. The standard InChI is InChI=1S/C19H23N5/c1-3-14-8-7-9-15(4-2)18(14)23-19(20)21-12-16-13-24-11-6-5-10-17(24)22-16/h5-11,13H,3-4,12H2,1-2H3,(H3,20,21,23). The molecule has 0 amide bonds. The molecule has 3 aromatic rings. The molecule has 3 N–H and O–H groups in total. The average molecular weight is 321 g/mol. The van der Waals surface area contributed by atoms with E-state index >= 15 is 0 Å². The van der Waals surface area contributed by atoms with Crippen LogP contribution in [0.25, 0.3) is 5.65 Å². The van der Waals surface area contributed by atoms with Gasteiger partial charge >= 0.3 is 0 Å². The monoisotopic (exact) mass is 321 g/mol. The number of imidazole rings is 1. The molecule has 0 bridgehead atoms. The van der Waals surface area contributed by atoms with Crippen LogP contribution in [0.15, 0.2) is 53.8 Å². The SMILES string of the molecule is CCc1cccc(CC)c1NC(N)=NCc1cn2ccccc2n1. The first-order valence-electron chi connectivity index (χ1n) is 8.31. The molecule has 0 spiro atoms. The number of hydrogen-bond acceptors (Lipinski definition) is 2. The lowest BCUT2D eigenvalue weighted by molar-refractivity contribution is 1.01. The van der Waals surface area contributed by atoms with Gasteiger partial charge in [0.15, 0.2) is 5.96 Å². The molecule has 0 aliphatic carbocycles. The highest BCUT2D eigenvalue weighted by molar-refractivity contribution is 5.93. The Labute approximate surface area is 142 Å². The van der Waals surface area contributed by atoms with Crippen molar-refractivity contribution in [3.63, 3.8) is 0 Å². The minimum absolute atomic E-state index is 0.419. The highest BCUT2D eigenvalue weighted by atomic mass is 15.1. The van der Waals surface area contributed by atoms with Crippen LogP contribution in [-0.2, 0) is 19.4 Å². The van der Waals surface area contributed by atoms with Gasteiger partial charge in [-0.15, -0.1) is 0 Å². The van der Waals surface area contributed by atoms with Gasteiger partial charge in [-0.1, -0.05) is 38.1 Å². The number of hydrogen-bond donors (Lipinski definition) is 2. The molecule has 124 valence electrons. The summed E-state index contributed by atoms with van der Waals surface area (Å²) in [7, 11) is 0. The first-order valence-corrected chi connectivity index (χ1v) is 8.31. The van der Waals surface area contributed by atoms with Crippen LogP contribution in [0.4, 0.5) is 5.69 Å². The van der Waals surface area contributed by atoms with Crippen LogP contribution in [0, 0.1) is 0 Å². The minimum Gasteiger partial charge on any atom is -0.370 e. The van der Waals surface area contributed by atoms with Crippen LogP contribution in [0.1, 0.15) is 30.7 Å². The zero-order chi connectivity index (χ0) is 16.9. The third-order valence-electron chi connectivity index (χ3n) is 4.08. The molecular weight excluding hydrogens is 298 g/mol. The normalized spacial score (nSPS) is 11.8. The molecule has 2 heterocycles. The number of nitrogens with one attached hydrogen (secondary N) is 1. The van der Waals surface area contributed by atoms with Gasteiger partial charge in [-0.3, -0.25) is 0 Å². The van der Waals surface area contributed by atoms with Crippen molar-refractivity contribution in [2.24, 2.45) is 10.7 Å². The summed E-state index contributed by atoms with van der Waals surface area (Å²) in [5.41, 5.74) is 11.5. The van der Waals surface area contributed by atoms with Crippen LogP contribution in [0.2, 0.25) is 0 Å². The molecule has 0 radical (unpaired) electrons. The second kappa shape index (κ2) is 7.17. The molecule has 0 atom stereocenters. The number of anilines is 1. The van der Waals surface area contributed by atoms with Crippen molar-refractivity contribution in [2.75, 3.05) is 5.32 Å². The first-order chi connectivity index (χ1) is 11.7. The van der Waals surface area contributed by atoms with Gasteiger partial charge in [-0.2, -0.15) is 0 Å². The van der Waals surface area contributed by atoms with Crippen LogP contribution >= 0.6 is 0 Å². The number of pyridine rings is 1. The van der Waals surface area contributed by atoms with E-state index in [1.165, 1.54) is 11.1 Å². The molecule has 0 saturated carbocycles. The molecule has 5 heteroatoms. The Morgan fingerprint density at radius 2 is 1.88 bits per heavy atom. The highest BCUT2D eigenvalue weighted by Gasteiger charge is 2.07. The fourth-order valence-corrected chi connectivity index (χ4v) is 2.80. The maximum Gasteiger partial charge on any atom is 0.193 e. The van der Waals surface area contributed by atoms with Crippen LogP contribution < -0.4 is 11.1 Å².